The van der Waals surface area contributed by atoms with Crippen LogP contribution < -0.4 is 10.6 Å². The largest absolute Gasteiger partial charge is 0.345 e. The highest BCUT2D eigenvalue weighted by Crippen LogP contribution is 2.16. The van der Waals surface area contributed by atoms with Crippen LogP contribution in [0.1, 0.15) is 18.4 Å². The van der Waals surface area contributed by atoms with Crippen LogP contribution in [0.2, 0.25) is 0 Å². The second kappa shape index (κ2) is 8.22. The van der Waals surface area contributed by atoms with Crippen molar-refractivity contribution in [3.63, 3.8) is 0 Å². The summed E-state index contributed by atoms with van der Waals surface area (Å²) in [7, 11) is 0. The average Bonchev–Trinajstić information content (AvgIpc) is 3.18. The van der Waals surface area contributed by atoms with E-state index in [0.29, 0.717) is 5.69 Å². The summed E-state index contributed by atoms with van der Waals surface area (Å²) in [6, 6.07) is 15.7. The molecule has 7 nitrogen and oxygen atoms in total. The highest BCUT2D eigenvalue weighted by atomic mass is 16.2. The van der Waals surface area contributed by atoms with Gasteiger partial charge >= 0.3 is 11.8 Å². The molecule has 1 aliphatic heterocycles. The summed E-state index contributed by atoms with van der Waals surface area (Å²) in [5.41, 5.74) is 3.47. The molecule has 3 N–H and O–H groups in total. The lowest BCUT2D eigenvalue weighted by Crippen LogP contribution is -2.47. The number of aromatic amines is 1. The van der Waals surface area contributed by atoms with Crippen molar-refractivity contribution >= 4 is 28.5 Å². The van der Waals surface area contributed by atoms with Gasteiger partial charge in [0.15, 0.2) is 0 Å². The van der Waals surface area contributed by atoms with E-state index < -0.39 is 11.8 Å². The average molecular weight is 377 g/mol. The number of nitrogens with zero attached hydrogens (tertiary/aromatic N) is 2. The van der Waals surface area contributed by atoms with Gasteiger partial charge in [-0.05, 0) is 36.6 Å². The highest BCUT2D eigenvalue weighted by Gasteiger charge is 2.23. The fourth-order valence-electron chi connectivity index (χ4n) is 3.53. The van der Waals surface area contributed by atoms with E-state index in [9.17, 15) is 9.59 Å². The van der Waals surface area contributed by atoms with Crippen molar-refractivity contribution in [3.05, 3.63) is 60.4 Å². The molecule has 1 aromatic heterocycles. The van der Waals surface area contributed by atoms with Crippen LogP contribution >= 0.6 is 0 Å². The number of imidazole rings is 1. The first-order valence-electron chi connectivity index (χ1n) is 9.48. The zero-order valence-electron chi connectivity index (χ0n) is 15.5. The SMILES string of the molecule is O=C(Nc1ccc2nc[nH]c2c1)C(=O)NC1CCN(Cc2ccccc2)CC1. The van der Waals surface area contributed by atoms with Crippen molar-refractivity contribution < 1.29 is 9.59 Å². The van der Waals surface area contributed by atoms with Gasteiger partial charge in [-0.1, -0.05) is 30.3 Å². The second-order valence-corrected chi connectivity index (χ2v) is 7.10. The third-order valence-electron chi connectivity index (χ3n) is 5.06. The normalized spacial score (nSPS) is 15.4. The van der Waals surface area contributed by atoms with E-state index >= 15 is 0 Å². The third kappa shape index (κ3) is 4.37. The summed E-state index contributed by atoms with van der Waals surface area (Å²) in [6.07, 6.45) is 3.27. The zero-order valence-corrected chi connectivity index (χ0v) is 15.5. The number of rotatable bonds is 4. The van der Waals surface area contributed by atoms with E-state index in [-0.39, 0.29) is 6.04 Å². The molecular formula is C21H23N5O2. The standard InChI is InChI=1S/C21H23N5O2/c27-20(21(28)25-17-6-7-18-19(12-17)23-14-22-18)24-16-8-10-26(11-9-16)13-15-4-2-1-3-5-15/h1-7,12,14,16H,8-11,13H2,(H,22,23)(H,24,27)(H,25,28). The number of benzene rings is 2. The van der Waals surface area contributed by atoms with Gasteiger partial charge < -0.3 is 15.6 Å². The Balaban J connectivity index is 1.25. The van der Waals surface area contributed by atoms with Crippen LogP contribution in [0.15, 0.2) is 54.9 Å². The van der Waals surface area contributed by atoms with Gasteiger partial charge in [-0.15, -0.1) is 0 Å². The molecule has 1 saturated heterocycles. The van der Waals surface area contributed by atoms with Crippen molar-refractivity contribution in [2.45, 2.75) is 25.4 Å². The highest BCUT2D eigenvalue weighted by molar-refractivity contribution is 6.39. The van der Waals surface area contributed by atoms with Gasteiger partial charge in [0.25, 0.3) is 0 Å². The zero-order chi connectivity index (χ0) is 19.3. The smallest absolute Gasteiger partial charge is 0.313 e. The van der Waals surface area contributed by atoms with Crippen LogP contribution in [0.5, 0.6) is 0 Å². The lowest BCUT2D eigenvalue weighted by Gasteiger charge is -2.32. The van der Waals surface area contributed by atoms with Crippen LogP contribution in [-0.4, -0.2) is 45.8 Å². The molecule has 0 atom stereocenters. The number of H-pyrrole nitrogens is 1. The van der Waals surface area contributed by atoms with Gasteiger partial charge in [0, 0.05) is 31.4 Å². The van der Waals surface area contributed by atoms with Gasteiger partial charge in [-0.3, -0.25) is 14.5 Å². The molecule has 0 unspecified atom stereocenters. The maximum Gasteiger partial charge on any atom is 0.313 e. The van der Waals surface area contributed by atoms with Crippen molar-refractivity contribution in [2.75, 3.05) is 18.4 Å². The van der Waals surface area contributed by atoms with E-state index in [1.807, 2.05) is 18.2 Å². The van der Waals surface area contributed by atoms with Gasteiger partial charge in [0.1, 0.15) is 0 Å². The molecule has 0 aliphatic carbocycles. The lowest BCUT2D eigenvalue weighted by molar-refractivity contribution is -0.136. The van der Waals surface area contributed by atoms with Crippen molar-refractivity contribution in [1.29, 1.82) is 0 Å². The van der Waals surface area contributed by atoms with Crippen molar-refractivity contribution in [1.82, 2.24) is 20.2 Å². The van der Waals surface area contributed by atoms with Gasteiger partial charge in [-0.2, -0.15) is 0 Å². The number of likely N-dealkylation sites (tertiary alicyclic amines) is 1. The van der Waals surface area contributed by atoms with E-state index in [2.05, 4.69) is 37.6 Å². The molecular weight excluding hydrogens is 354 g/mol. The Morgan fingerprint density at radius 3 is 2.64 bits per heavy atom. The first kappa shape index (κ1) is 18.2. The molecule has 3 aromatic rings. The molecule has 2 aromatic carbocycles. The van der Waals surface area contributed by atoms with Crippen LogP contribution in [0.4, 0.5) is 5.69 Å². The fraction of sp³-hybridized carbons (Fsp3) is 0.286. The van der Waals surface area contributed by atoms with E-state index in [4.69, 9.17) is 0 Å². The second-order valence-electron chi connectivity index (χ2n) is 7.10. The number of nitrogens with one attached hydrogen (secondary N) is 3. The molecule has 144 valence electrons. The quantitative estimate of drug-likeness (QED) is 0.609. The maximum absolute atomic E-state index is 12.2. The Hall–Kier alpha value is -3.19. The van der Waals surface area contributed by atoms with E-state index in [0.717, 1.165) is 43.5 Å². The molecule has 0 spiro atoms. The summed E-state index contributed by atoms with van der Waals surface area (Å²) in [6.45, 7) is 2.72. The van der Waals surface area contributed by atoms with Crippen LogP contribution in [-0.2, 0) is 16.1 Å². The van der Waals surface area contributed by atoms with E-state index in [1.165, 1.54) is 5.56 Å². The molecule has 1 aliphatic rings. The number of fused-ring (bicyclic) bond motifs is 1. The van der Waals surface area contributed by atoms with E-state index in [1.54, 1.807) is 24.5 Å². The number of anilines is 1. The molecule has 1 fully saturated rings. The van der Waals surface area contributed by atoms with Gasteiger partial charge in [-0.25, -0.2) is 4.98 Å². The van der Waals surface area contributed by atoms with Gasteiger partial charge in [0.2, 0.25) is 0 Å². The Morgan fingerprint density at radius 1 is 1.07 bits per heavy atom. The number of carbonyl (C=O) groups is 2. The summed E-state index contributed by atoms with van der Waals surface area (Å²) < 4.78 is 0. The van der Waals surface area contributed by atoms with Crippen LogP contribution in [0.25, 0.3) is 11.0 Å². The minimum absolute atomic E-state index is 0.0281. The lowest BCUT2D eigenvalue weighted by atomic mass is 10.0. The number of hydrogen-bond acceptors (Lipinski definition) is 4. The summed E-state index contributed by atoms with van der Waals surface area (Å²) in [4.78, 5) is 33.9. The number of piperidine rings is 1. The minimum atomic E-state index is -0.648. The predicted octanol–water partition coefficient (Wildman–Crippen LogP) is 2.28. The Kier molecular flexibility index (Phi) is 5.34. The molecule has 28 heavy (non-hydrogen) atoms. The molecule has 0 bridgehead atoms. The predicted molar refractivity (Wildman–Crippen MR) is 108 cm³/mol. The fourth-order valence-corrected chi connectivity index (χ4v) is 3.53. The topological polar surface area (TPSA) is 90.1 Å². The summed E-state index contributed by atoms with van der Waals surface area (Å²) in [5.74, 6) is -1.24. The Morgan fingerprint density at radius 2 is 1.86 bits per heavy atom. The molecule has 7 heteroatoms. The summed E-state index contributed by atoms with van der Waals surface area (Å²) in [5, 5.41) is 5.50. The third-order valence-corrected chi connectivity index (χ3v) is 5.06. The molecule has 4 rings (SSSR count). The summed E-state index contributed by atoms with van der Waals surface area (Å²) >= 11 is 0. The maximum atomic E-state index is 12.2. The first-order chi connectivity index (χ1) is 13.7. The van der Waals surface area contributed by atoms with Crippen LogP contribution in [0, 0.1) is 0 Å². The molecule has 2 amide bonds. The number of carbonyl (C=O) groups excluding carboxylic acids is 2. The van der Waals surface area contributed by atoms with Crippen molar-refractivity contribution in [2.24, 2.45) is 0 Å². The number of hydrogen-bond donors (Lipinski definition) is 3. The van der Waals surface area contributed by atoms with Crippen molar-refractivity contribution in [3.8, 4) is 0 Å². The minimum Gasteiger partial charge on any atom is -0.345 e. The Labute approximate surface area is 163 Å². The molecule has 0 radical (unpaired) electrons. The molecule has 2 heterocycles. The molecule has 0 saturated carbocycles. The Bertz CT molecular complexity index is 961. The first-order valence-corrected chi connectivity index (χ1v) is 9.48. The number of amides is 2. The van der Waals surface area contributed by atoms with Crippen LogP contribution in [0.3, 0.4) is 0 Å². The van der Waals surface area contributed by atoms with Gasteiger partial charge in [0.05, 0.1) is 17.4 Å². The number of aromatic nitrogens is 2. The monoisotopic (exact) mass is 377 g/mol.